The van der Waals surface area contributed by atoms with Gasteiger partial charge in [-0.15, -0.1) is 0 Å². The number of methoxy groups -OCH3 is 1. The van der Waals surface area contributed by atoms with Crippen molar-refractivity contribution in [1.29, 1.82) is 0 Å². The molecule has 116 valence electrons. The van der Waals surface area contributed by atoms with Crippen LogP contribution >= 0.6 is 11.6 Å². The number of nitrogens with one attached hydrogen (secondary N) is 2. The molecular weight excluding hydrogens is 296 g/mol. The van der Waals surface area contributed by atoms with E-state index in [1.165, 1.54) is 7.11 Å². The molecule has 0 saturated carbocycles. The number of benzene rings is 1. The molecule has 0 aliphatic carbocycles. The van der Waals surface area contributed by atoms with Crippen LogP contribution in [0, 0.1) is 0 Å². The second-order valence-electron chi connectivity index (χ2n) is 4.98. The molecule has 1 aromatic rings. The number of aliphatic carboxylic acids is 1. The minimum Gasteiger partial charge on any atom is -0.481 e. The van der Waals surface area contributed by atoms with Crippen molar-refractivity contribution in [3.8, 4) is 0 Å². The van der Waals surface area contributed by atoms with E-state index in [-0.39, 0.29) is 25.5 Å². The zero-order valence-corrected chi connectivity index (χ0v) is 12.7. The molecule has 0 aliphatic rings. The van der Waals surface area contributed by atoms with E-state index in [4.69, 9.17) is 21.4 Å². The zero-order valence-electron chi connectivity index (χ0n) is 12.0. The minimum absolute atomic E-state index is 0.0132. The third kappa shape index (κ3) is 6.46. The lowest BCUT2D eigenvalue weighted by Gasteiger charge is -2.28. The predicted molar refractivity (Wildman–Crippen MR) is 80.6 cm³/mol. The predicted octanol–water partition coefficient (Wildman–Crippen LogP) is 1.75. The van der Waals surface area contributed by atoms with Gasteiger partial charge < -0.3 is 20.5 Å². The monoisotopic (exact) mass is 314 g/mol. The van der Waals surface area contributed by atoms with E-state index in [2.05, 4.69) is 10.6 Å². The summed E-state index contributed by atoms with van der Waals surface area (Å²) < 4.78 is 4.97. The van der Waals surface area contributed by atoms with E-state index < -0.39 is 11.5 Å². The fraction of sp³-hybridized carbons (Fsp3) is 0.429. The summed E-state index contributed by atoms with van der Waals surface area (Å²) in [5, 5.41) is 15.0. The Balaban J connectivity index is 2.56. The first kappa shape index (κ1) is 17.3. The van der Waals surface area contributed by atoms with Gasteiger partial charge in [0.15, 0.2) is 0 Å². The highest BCUT2D eigenvalue weighted by molar-refractivity contribution is 6.30. The van der Waals surface area contributed by atoms with Gasteiger partial charge in [0.1, 0.15) is 0 Å². The summed E-state index contributed by atoms with van der Waals surface area (Å²) in [6, 6.07) is 6.97. The van der Waals surface area contributed by atoms with Crippen LogP contribution in [0.25, 0.3) is 0 Å². The molecule has 21 heavy (non-hydrogen) atoms. The fourth-order valence-corrected chi connectivity index (χ4v) is 2.14. The lowest BCUT2D eigenvalue weighted by molar-refractivity contribution is -0.139. The van der Waals surface area contributed by atoms with Crippen LogP contribution in [0.2, 0.25) is 5.02 Å². The maximum atomic E-state index is 11.9. The molecule has 0 bridgehead atoms. The van der Waals surface area contributed by atoms with E-state index in [1.807, 2.05) is 0 Å². The van der Waals surface area contributed by atoms with Gasteiger partial charge in [0.2, 0.25) is 5.91 Å². The van der Waals surface area contributed by atoms with Crippen LogP contribution in [0.5, 0.6) is 0 Å². The molecule has 1 rings (SSSR count). The zero-order chi connectivity index (χ0) is 15.9. The first-order valence-corrected chi connectivity index (χ1v) is 6.73. The van der Waals surface area contributed by atoms with Crippen LogP contribution < -0.4 is 10.6 Å². The van der Waals surface area contributed by atoms with Gasteiger partial charge in [-0.1, -0.05) is 17.7 Å². The Hall–Kier alpha value is -1.79. The Bertz CT molecular complexity index is 510. The average molecular weight is 315 g/mol. The average Bonchev–Trinajstić information content (AvgIpc) is 2.35. The normalized spacial score (nSPS) is 13.3. The fourth-order valence-electron chi connectivity index (χ4n) is 1.95. The van der Waals surface area contributed by atoms with Crippen molar-refractivity contribution in [1.82, 2.24) is 5.32 Å². The van der Waals surface area contributed by atoms with E-state index in [0.717, 1.165) is 0 Å². The minimum atomic E-state index is -1.00. The summed E-state index contributed by atoms with van der Waals surface area (Å²) in [5.74, 6) is -1.33. The number of hydrogen-bond acceptors (Lipinski definition) is 4. The van der Waals surface area contributed by atoms with Crippen LogP contribution in [-0.2, 0) is 14.3 Å². The SMILES string of the molecule is COCC(C)(CC(=O)O)NC(=O)CNc1cccc(Cl)c1. The number of carboxylic acids is 1. The molecule has 1 amide bonds. The number of hydrogen-bond donors (Lipinski definition) is 3. The maximum absolute atomic E-state index is 11.9. The van der Waals surface area contributed by atoms with E-state index in [1.54, 1.807) is 31.2 Å². The van der Waals surface area contributed by atoms with Crippen LogP contribution in [0.3, 0.4) is 0 Å². The van der Waals surface area contributed by atoms with Crippen molar-refractivity contribution in [3.05, 3.63) is 29.3 Å². The Morgan fingerprint density at radius 1 is 1.43 bits per heavy atom. The van der Waals surface area contributed by atoms with Gasteiger partial charge in [-0.05, 0) is 25.1 Å². The standard InChI is InChI=1S/C14H19ClN2O4/c1-14(9-21-2,7-13(19)20)17-12(18)8-16-11-5-3-4-10(15)6-11/h3-6,16H,7-9H2,1-2H3,(H,17,18)(H,19,20). The van der Waals surface area contributed by atoms with Crippen molar-refractivity contribution in [3.63, 3.8) is 0 Å². The number of carboxylic acid groups (broad SMARTS) is 1. The van der Waals surface area contributed by atoms with Gasteiger partial charge in [-0.25, -0.2) is 0 Å². The third-order valence-corrected chi connectivity index (χ3v) is 2.96. The molecular formula is C14H19ClN2O4. The second-order valence-corrected chi connectivity index (χ2v) is 5.41. The summed E-state index contributed by atoms with van der Waals surface area (Å²) in [6.45, 7) is 1.75. The molecule has 0 fully saturated rings. The molecule has 6 nitrogen and oxygen atoms in total. The molecule has 0 saturated heterocycles. The van der Waals surface area contributed by atoms with Crippen LogP contribution in [0.4, 0.5) is 5.69 Å². The number of ether oxygens (including phenoxy) is 1. The molecule has 0 heterocycles. The van der Waals surface area contributed by atoms with Crippen molar-refractivity contribution in [2.45, 2.75) is 18.9 Å². The number of halogens is 1. The molecule has 1 atom stereocenters. The lowest BCUT2D eigenvalue weighted by atomic mass is 9.99. The Morgan fingerprint density at radius 2 is 2.14 bits per heavy atom. The molecule has 1 unspecified atom stereocenters. The van der Waals surface area contributed by atoms with Crippen molar-refractivity contribution < 1.29 is 19.4 Å². The summed E-state index contributed by atoms with van der Waals surface area (Å²) in [7, 11) is 1.45. The molecule has 7 heteroatoms. The van der Waals surface area contributed by atoms with Gasteiger partial charge in [-0.3, -0.25) is 9.59 Å². The van der Waals surface area contributed by atoms with Gasteiger partial charge in [0.25, 0.3) is 0 Å². The number of anilines is 1. The number of amides is 1. The molecule has 0 spiro atoms. The largest absolute Gasteiger partial charge is 0.481 e. The summed E-state index contributed by atoms with van der Waals surface area (Å²) in [6.07, 6.45) is -0.219. The Kier molecular flexibility index (Phi) is 6.45. The first-order valence-electron chi connectivity index (χ1n) is 6.36. The first-order chi connectivity index (χ1) is 9.84. The van der Waals surface area contributed by atoms with Crippen molar-refractivity contribution >= 4 is 29.2 Å². The van der Waals surface area contributed by atoms with Crippen LogP contribution in [0.1, 0.15) is 13.3 Å². The van der Waals surface area contributed by atoms with E-state index in [9.17, 15) is 9.59 Å². The topological polar surface area (TPSA) is 87.7 Å². The number of carbonyl (C=O) groups is 2. The van der Waals surface area contributed by atoms with E-state index in [0.29, 0.717) is 10.7 Å². The van der Waals surface area contributed by atoms with Gasteiger partial charge in [0, 0.05) is 17.8 Å². The van der Waals surface area contributed by atoms with Gasteiger partial charge in [0.05, 0.1) is 25.1 Å². The molecule has 0 radical (unpaired) electrons. The Morgan fingerprint density at radius 3 is 2.71 bits per heavy atom. The highest BCUT2D eigenvalue weighted by atomic mass is 35.5. The van der Waals surface area contributed by atoms with Crippen molar-refractivity contribution in [2.75, 3.05) is 25.6 Å². The quantitative estimate of drug-likeness (QED) is 0.680. The Labute approximate surface area is 128 Å². The second kappa shape index (κ2) is 7.85. The molecule has 3 N–H and O–H groups in total. The smallest absolute Gasteiger partial charge is 0.305 e. The molecule has 0 aromatic heterocycles. The summed E-state index contributed by atoms with van der Waals surface area (Å²) >= 11 is 5.84. The molecule has 0 aliphatic heterocycles. The highest BCUT2D eigenvalue weighted by Gasteiger charge is 2.29. The number of rotatable bonds is 8. The van der Waals surface area contributed by atoms with E-state index >= 15 is 0 Å². The van der Waals surface area contributed by atoms with Crippen molar-refractivity contribution in [2.24, 2.45) is 0 Å². The lowest BCUT2D eigenvalue weighted by Crippen LogP contribution is -2.52. The summed E-state index contributed by atoms with van der Waals surface area (Å²) in [5.41, 5.74) is -0.238. The third-order valence-electron chi connectivity index (χ3n) is 2.72. The highest BCUT2D eigenvalue weighted by Crippen LogP contribution is 2.15. The van der Waals surface area contributed by atoms with Gasteiger partial charge >= 0.3 is 5.97 Å². The van der Waals surface area contributed by atoms with Gasteiger partial charge in [-0.2, -0.15) is 0 Å². The number of carbonyl (C=O) groups excluding carboxylic acids is 1. The maximum Gasteiger partial charge on any atom is 0.305 e. The summed E-state index contributed by atoms with van der Waals surface area (Å²) in [4.78, 5) is 22.8. The van der Waals surface area contributed by atoms with Crippen LogP contribution in [0.15, 0.2) is 24.3 Å². The molecule has 1 aromatic carbocycles. The van der Waals surface area contributed by atoms with Crippen LogP contribution in [-0.4, -0.2) is 42.8 Å².